The molecule has 0 aliphatic carbocycles. The molecule has 7 heteroatoms. The molecular weight excluding hydrogens is 360 g/mol. The van der Waals surface area contributed by atoms with E-state index in [1.807, 2.05) is 25.1 Å². The van der Waals surface area contributed by atoms with Crippen LogP contribution >= 0.6 is 0 Å². The molecule has 0 fully saturated rings. The van der Waals surface area contributed by atoms with Gasteiger partial charge in [0.2, 0.25) is 5.76 Å². The van der Waals surface area contributed by atoms with Gasteiger partial charge in [-0.05, 0) is 60.5 Å². The van der Waals surface area contributed by atoms with Crippen LogP contribution in [-0.4, -0.2) is 24.7 Å². The predicted octanol–water partition coefficient (Wildman–Crippen LogP) is 3.34. The molecule has 0 spiro atoms. The van der Waals surface area contributed by atoms with Crippen LogP contribution in [0.25, 0.3) is 0 Å². The van der Waals surface area contributed by atoms with Crippen molar-refractivity contribution in [3.05, 3.63) is 83.8 Å². The number of carbonyl (C=O) groups is 2. The van der Waals surface area contributed by atoms with Crippen LogP contribution in [0, 0.1) is 6.92 Å². The number of carbonyl (C=O) groups excluding carboxylic acids is 2. The summed E-state index contributed by atoms with van der Waals surface area (Å²) in [4.78, 5) is 23.6. The van der Waals surface area contributed by atoms with Crippen LogP contribution in [0.5, 0.6) is 11.5 Å². The highest BCUT2D eigenvalue weighted by molar-refractivity contribution is 5.88. The van der Waals surface area contributed by atoms with Crippen LogP contribution in [0.3, 0.4) is 0 Å². The standard InChI is InChI=1S/C21H18N2O5/c1-15-5-2-3-6-18(15)27-14-20(24)23-22-13-16-8-10-17(11-9-16)28-21(25)19-7-4-12-26-19/h2-13H,14H2,1H3,(H,23,24)/b22-13-. The van der Waals surface area contributed by atoms with Crippen molar-refractivity contribution in [2.75, 3.05) is 6.61 Å². The fourth-order valence-electron chi connectivity index (χ4n) is 2.25. The maximum absolute atomic E-state index is 11.8. The van der Waals surface area contributed by atoms with Crippen LogP contribution in [-0.2, 0) is 4.79 Å². The average Bonchev–Trinajstić information content (AvgIpc) is 3.24. The number of nitrogens with one attached hydrogen (secondary N) is 1. The first-order chi connectivity index (χ1) is 13.6. The maximum Gasteiger partial charge on any atom is 0.379 e. The van der Waals surface area contributed by atoms with Gasteiger partial charge in [0, 0.05) is 0 Å². The lowest BCUT2D eigenvalue weighted by Crippen LogP contribution is -2.24. The van der Waals surface area contributed by atoms with E-state index in [4.69, 9.17) is 13.9 Å². The second-order valence-electron chi connectivity index (χ2n) is 5.78. The van der Waals surface area contributed by atoms with Crippen LogP contribution < -0.4 is 14.9 Å². The van der Waals surface area contributed by atoms with Crippen LogP contribution in [0.4, 0.5) is 0 Å². The number of para-hydroxylation sites is 1. The Morgan fingerprint density at radius 1 is 1.07 bits per heavy atom. The number of rotatable bonds is 7. The molecular formula is C21H18N2O5. The molecule has 3 aromatic rings. The molecule has 1 heterocycles. The molecule has 0 saturated carbocycles. The first kappa shape index (κ1) is 18.9. The number of aryl methyl sites for hydroxylation is 1. The third-order valence-electron chi connectivity index (χ3n) is 3.67. The number of hydrogen-bond donors (Lipinski definition) is 1. The van der Waals surface area contributed by atoms with Gasteiger partial charge in [0.15, 0.2) is 6.61 Å². The molecule has 1 amide bonds. The van der Waals surface area contributed by atoms with Crippen LogP contribution in [0.15, 0.2) is 76.4 Å². The van der Waals surface area contributed by atoms with Crippen molar-refractivity contribution in [1.29, 1.82) is 0 Å². The van der Waals surface area contributed by atoms with E-state index in [-0.39, 0.29) is 18.3 Å². The van der Waals surface area contributed by atoms with Crippen molar-refractivity contribution in [2.45, 2.75) is 6.92 Å². The summed E-state index contributed by atoms with van der Waals surface area (Å²) in [5.41, 5.74) is 4.06. The largest absolute Gasteiger partial charge is 0.483 e. The quantitative estimate of drug-likeness (QED) is 0.295. The topological polar surface area (TPSA) is 90.1 Å². The Morgan fingerprint density at radius 3 is 2.57 bits per heavy atom. The highest BCUT2D eigenvalue weighted by atomic mass is 16.5. The number of nitrogens with zero attached hydrogens (tertiary/aromatic N) is 1. The van der Waals surface area contributed by atoms with E-state index in [1.54, 1.807) is 36.4 Å². The number of furan rings is 1. The van der Waals surface area contributed by atoms with Crippen molar-refractivity contribution < 1.29 is 23.5 Å². The fraction of sp³-hybridized carbons (Fsp3) is 0.0952. The molecule has 1 N–H and O–H groups in total. The van der Waals surface area contributed by atoms with Gasteiger partial charge >= 0.3 is 5.97 Å². The molecule has 0 atom stereocenters. The third kappa shape index (κ3) is 5.31. The number of ether oxygens (including phenoxy) is 2. The molecule has 0 aliphatic heterocycles. The highest BCUT2D eigenvalue weighted by Gasteiger charge is 2.10. The van der Waals surface area contributed by atoms with Gasteiger partial charge in [-0.1, -0.05) is 18.2 Å². The molecule has 2 aromatic carbocycles. The minimum Gasteiger partial charge on any atom is -0.483 e. The molecule has 0 bridgehead atoms. The Labute approximate surface area is 161 Å². The van der Waals surface area contributed by atoms with Gasteiger partial charge < -0.3 is 13.9 Å². The van der Waals surface area contributed by atoms with Crippen LogP contribution in [0.1, 0.15) is 21.7 Å². The van der Waals surface area contributed by atoms with Gasteiger partial charge in [-0.2, -0.15) is 5.10 Å². The summed E-state index contributed by atoms with van der Waals surface area (Å²) in [5.74, 6) is 0.202. The summed E-state index contributed by atoms with van der Waals surface area (Å²) in [7, 11) is 0. The van der Waals surface area contributed by atoms with Gasteiger partial charge in [0.1, 0.15) is 11.5 Å². The second-order valence-corrected chi connectivity index (χ2v) is 5.78. The second kappa shape index (κ2) is 9.18. The summed E-state index contributed by atoms with van der Waals surface area (Å²) in [6.45, 7) is 1.77. The van der Waals surface area contributed by atoms with E-state index in [2.05, 4.69) is 10.5 Å². The van der Waals surface area contributed by atoms with Gasteiger partial charge in [-0.3, -0.25) is 4.79 Å². The van der Waals surface area contributed by atoms with Crippen molar-refractivity contribution in [2.24, 2.45) is 5.10 Å². The number of amides is 1. The summed E-state index contributed by atoms with van der Waals surface area (Å²) >= 11 is 0. The molecule has 1 aromatic heterocycles. The van der Waals surface area contributed by atoms with E-state index in [1.165, 1.54) is 18.5 Å². The zero-order valence-electron chi connectivity index (χ0n) is 15.1. The third-order valence-corrected chi connectivity index (χ3v) is 3.67. The molecule has 3 rings (SSSR count). The molecule has 0 radical (unpaired) electrons. The normalized spacial score (nSPS) is 10.6. The first-order valence-electron chi connectivity index (χ1n) is 8.48. The van der Waals surface area contributed by atoms with Gasteiger partial charge in [-0.25, -0.2) is 10.2 Å². The minimum absolute atomic E-state index is 0.126. The van der Waals surface area contributed by atoms with Crippen molar-refractivity contribution in [3.8, 4) is 11.5 Å². The Balaban J connectivity index is 1.46. The van der Waals surface area contributed by atoms with E-state index in [0.29, 0.717) is 11.5 Å². The zero-order valence-corrected chi connectivity index (χ0v) is 15.1. The molecule has 7 nitrogen and oxygen atoms in total. The van der Waals surface area contributed by atoms with Gasteiger partial charge in [0.25, 0.3) is 5.91 Å². The summed E-state index contributed by atoms with van der Waals surface area (Å²) in [6, 6.07) is 17.2. The minimum atomic E-state index is -0.577. The number of hydrogen-bond acceptors (Lipinski definition) is 6. The molecule has 28 heavy (non-hydrogen) atoms. The molecule has 0 saturated heterocycles. The Kier molecular flexibility index (Phi) is 6.20. The molecule has 142 valence electrons. The van der Waals surface area contributed by atoms with Gasteiger partial charge in [-0.15, -0.1) is 0 Å². The van der Waals surface area contributed by atoms with Crippen LogP contribution in [0.2, 0.25) is 0 Å². The summed E-state index contributed by atoms with van der Waals surface area (Å²) < 4.78 is 15.6. The summed E-state index contributed by atoms with van der Waals surface area (Å²) in [6.07, 6.45) is 2.88. The Bertz CT molecular complexity index is 963. The van der Waals surface area contributed by atoms with Crippen molar-refractivity contribution >= 4 is 18.1 Å². The predicted molar refractivity (Wildman–Crippen MR) is 103 cm³/mol. The maximum atomic E-state index is 11.8. The average molecular weight is 378 g/mol. The lowest BCUT2D eigenvalue weighted by atomic mass is 10.2. The van der Waals surface area contributed by atoms with Gasteiger partial charge in [0.05, 0.1) is 12.5 Å². The lowest BCUT2D eigenvalue weighted by Gasteiger charge is -2.07. The van der Waals surface area contributed by atoms with E-state index < -0.39 is 5.97 Å². The molecule has 0 aliphatic rings. The smallest absolute Gasteiger partial charge is 0.379 e. The Hall–Kier alpha value is -3.87. The summed E-state index contributed by atoms with van der Waals surface area (Å²) in [5, 5.41) is 3.88. The number of benzene rings is 2. The number of esters is 1. The fourth-order valence-corrected chi connectivity index (χ4v) is 2.25. The SMILES string of the molecule is Cc1ccccc1OCC(=O)N/N=C\c1ccc(OC(=O)c2ccco2)cc1. The van der Waals surface area contributed by atoms with Crippen molar-refractivity contribution in [3.63, 3.8) is 0 Å². The lowest BCUT2D eigenvalue weighted by molar-refractivity contribution is -0.123. The Morgan fingerprint density at radius 2 is 1.86 bits per heavy atom. The van der Waals surface area contributed by atoms with E-state index in [9.17, 15) is 9.59 Å². The number of hydrazone groups is 1. The zero-order chi connectivity index (χ0) is 19.8. The highest BCUT2D eigenvalue weighted by Crippen LogP contribution is 2.16. The first-order valence-corrected chi connectivity index (χ1v) is 8.48. The monoisotopic (exact) mass is 378 g/mol. The van der Waals surface area contributed by atoms with Crippen molar-refractivity contribution in [1.82, 2.24) is 5.43 Å². The van der Waals surface area contributed by atoms with E-state index in [0.717, 1.165) is 11.1 Å². The van der Waals surface area contributed by atoms with E-state index >= 15 is 0 Å². The molecule has 0 unspecified atom stereocenters.